The number of fused-ring (bicyclic) bond motifs is 1. The topological polar surface area (TPSA) is 44.1 Å². The van der Waals surface area contributed by atoms with Gasteiger partial charge in [-0.15, -0.1) is 0 Å². The number of aryl methyl sites for hydroxylation is 1. The summed E-state index contributed by atoms with van der Waals surface area (Å²) in [5, 5.41) is 0. The number of hydrogen-bond donors (Lipinski definition) is 0. The summed E-state index contributed by atoms with van der Waals surface area (Å²) in [6.45, 7) is 1.85. The Morgan fingerprint density at radius 2 is 2.18 bits per heavy atom. The van der Waals surface area contributed by atoms with Crippen LogP contribution < -0.4 is 0 Å². The van der Waals surface area contributed by atoms with Crippen LogP contribution in [0.15, 0.2) is 24.3 Å². The van der Waals surface area contributed by atoms with Crippen LogP contribution in [0.5, 0.6) is 0 Å². The van der Waals surface area contributed by atoms with Gasteiger partial charge in [0.05, 0.1) is 24.1 Å². The summed E-state index contributed by atoms with van der Waals surface area (Å²) in [6.07, 6.45) is 0.595. The average molecular weight is 232 g/mol. The average Bonchev–Trinajstić information content (AvgIpc) is 2.66. The standard InChI is InChI=1S/C13H16N2O2/c1-9(13(16)17-3)8-12-14-10-6-4-5-7-11(10)15(12)2/h4-7,9H,8H2,1-3H3. The first kappa shape index (κ1) is 11.6. The highest BCUT2D eigenvalue weighted by molar-refractivity contribution is 5.76. The van der Waals surface area contributed by atoms with Crippen molar-refractivity contribution in [3.63, 3.8) is 0 Å². The van der Waals surface area contributed by atoms with Crippen molar-refractivity contribution in [1.29, 1.82) is 0 Å². The monoisotopic (exact) mass is 232 g/mol. The van der Waals surface area contributed by atoms with Gasteiger partial charge < -0.3 is 9.30 Å². The van der Waals surface area contributed by atoms with Crippen LogP contribution in [0.25, 0.3) is 11.0 Å². The zero-order valence-electron chi connectivity index (χ0n) is 10.3. The lowest BCUT2D eigenvalue weighted by Crippen LogP contribution is -2.17. The number of carbonyl (C=O) groups excluding carboxylic acids is 1. The minimum atomic E-state index is -0.197. The first-order valence-electron chi connectivity index (χ1n) is 5.61. The molecule has 0 saturated carbocycles. The molecule has 0 bridgehead atoms. The van der Waals surface area contributed by atoms with E-state index in [-0.39, 0.29) is 11.9 Å². The molecule has 0 aliphatic carbocycles. The highest BCUT2D eigenvalue weighted by Crippen LogP contribution is 2.17. The predicted molar refractivity (Wildman–Crippen MR) is 65.6 cm³/mol. The summed E-state index contributed by atoms with van der Waals surface area (Å²) < 4.78 is 6.74. The van der Waals surface area contributed by atoms with Gasteiger partial charge in [-0.3, -0.25) is 4.79 Å². The molecule has 0 spiro atoms. The van der Waals surface area contributed by atoms with E-state index in [0.29, 0.717) is 6.42 Å². The van der Waals surface area contributed by atoms with Crippen molar-refractivity contribution < 1.29 is 9.53 Å². The molecule has 17 heavy (non-hydrogen) atoms. The van der Waals surface area contributed by atoms with E-state index in [1.54, 1.807) is 0 Å². The second kappa shape index (κ2) is 4.57. The fourth-order valence-corrected chi connectivity index (χ4v) is 1.94. The molecule has 2 rings (SSSR count). The first-order chi connectivity index (χ1) is 8.13. The minimum Gasteiger partial charge on any atom is -0.469 e. The van der Waals surface area contributed by atoms with Gasteiger partial charge in [-0.1, -0.05) is 19.1 Å². The van der Waals surface area contributed by atoms with E-state index >= 15 is 0 Å². The smallest absolute Gasteiger partial charge is 0.308 e. The van der Waals surface area contributed by atoms with E-state index in [1.165, 1.54) is 7.11 Å². The summed E-state index contributed by atoms with van der Waals surface area (Å²) >= 11 is 0. The van der Waals surface area contributed by atoms with Crippen molar-refractivity contribution in [2.45, 2.75) is 13.3 Å². The molecule has 0 radical (unpaired) electrons. The Hall–Kier alpha value is -1.84. The maximum absolute atomic E-state index is 11.4. The van der Waals surface area contributed by atoms with Crippen LogP contribution in [-0.4, -0.2) is 22.6 Å². The van der Waals surface area contributed by atoms with Crippen LogP contribution in [0.1, 0.15) is 12.7 Å². The molecule has 0 fully saturated rings. The van der Waals surface area contributed by atoms with Gasteiger partial charge in [0.15, 0.2) is 0 Å². The molecule has 1 heterocycles. The SMILES string of the molecule is COC(=O)C(C)Cc1nc2ccccc2n1C. The Morgan fingerprint density at radius 1 is 1.47 bits per heavy atom. The quantitative estimate of drug-likeness (QED) is 0.759. The zero-order chi connectivity index (χ0) is 12.4. The lowest BCUT2D eigenvalue weighted by Gasteiger charge is -2.08. The molecule has 0 aliphatic rings. The van der Waals surface area contributed by atoms with Crippen molar-refractivity contribution in [3.8, 4) is 0 Å². The van der Waals surface area contributed by atoms with Crippen molar-refractivity contribution >= 4 is 17.0 Å². The first-order valence-corrected chi connectivity index (χ1v) is 5.61. The fourth-order valence-electron chi connectivity index (χ4n) is 1.94. The van der Waals surface area contributed by atoms with Crippen molar-refractivity contribution in [2.24, 2.45) is 13.0 Å². The van der Waals surface area contributed by atoms with Gasteiger partial charge in [-0.25, -0.2) is 4.98 Å². The maximum Gasteiger partial charge on any atom is 0.308 e. The predicted octanol–water partition coefficient (Wildman–Crippen LogP) is 1.92. The Labute approximate surface area is 100 Å². The summed E-state index contributed by atoms with van der Waals surface area (Å²) in [4.78, 5) is 15.9. The van der Waals surface area contributed by atoms with Crippen LogP contribution in [0.3, 0.4) is 0 Å². The molecular weight excluding hydrogens is 216 g/mol. The molecule has 2 aromatic rings. The molecule has 0 saturated heterocycles. The molecule has 4 heteroatoms. The number of carbonyl (C=O) groups is 1. The number of esters is 1. The number of aromatic nitrogens is 2. The van der Waals surface area contributed by atoms with Gasteiger partial charge in [0.2, 0.25) is 0 Å². The van der Waals surface area contributed by atoms with Gasteiger partial charge in [0.25, 0.3) is 0 Å². The highest BCUT2D eigenvalue weighted by Gasteiger charge is 2.17. The third-order valence-corrected chi connectivity index (χ3v) is 2.97. The minimum absolute atomic E-state index is 0.171. The second-order valence-electron chi connectivity index (χ2n) is 4.20. The fraction of sp³-hybridized carbons (Fsp3) is 0.385. The number of rotatable bonds is 3. The lowest BCUT2D eigenvalue weighted by molar-refractivity contribution is -0.144. The molecule has 90 valence electrons. The number of methoxy groups -OCH3 is 1. The Balaban J connectivity index is 2.30. The van der Waals surface area contributed by atoms with Gasteiger partial charge in [-0.2, -0.15) is 0 Å². The van der Waals surface area contributed by atoms with Crippen LogP contribution in [-0.2, 0) is 23.0 Å². The molecular formula is C13H16N2O2. The molecule has 1 unspecified atom stereocenters. The number of para-hydroxylation sites is 2. The largest absolute Gasteiger partial charge is 0.469 e. The number of imidazole rings is 1. The molecule has 0 amide bonds. The number of ether oxygens (including phenoxy) is 1. The van der Waals surface area contributed by atoms with Crippen LogP contribution in [0.2, 0.25) is 0 Å². The van der Waals surface area contributed by atoms with E-state index in [2.05, 4.69) is 4.98 Å². The second-order valence-corrected chi connectivity index (χ2v) is 4.20. The van der Waals surface area contributed by atoms with Gasteiger partial charge in [0, 0.05) is 13.5 Å². The van der Waals surface area contributed by atoms with Crippen molar-refractivity contribution in [1.82, 2.24) is 9.55 Å². The Morgan fingerprint density at radius 3 is 2.82 bits per heavy atom. The number of hydrogen-bond acceptors (Lipinski definition) is 3. The molecule has 1 aromatic carbocycles. The van der Waals surface area contributed by atoms with Crippen LogP contribution in [0, 0.1) is 5.92 Å². The van der Waals surface area contributed by atoms with E-state index < -0.39 is 0 Å². The Bertz CT molecular complexity index is 545. The lowest BCUT2D eigenvalue weighted by atomic mass is 10.1. The number of nitrogens with zero attached hydrogens (tertiary/aromatic N) is 2. The summed E-state index contributed by atoms with van der Waals surface area (Å²) in [5.74, 6) is 0.539. The maximum atomic E-state index is 11.4. The van der Waals surface area contributed by atoms with E-state index in [0.717, 1.165) is 16.9 Å². The highest BCUT2D eigenvalue weighted by atomic mass is 16.5. The van der Waals surface area contributed by atoms with E-state index in [9.17, 15) is 4.79 Å². The van der Waals surface area contributed by atoms with Crippen molar-refractivity contribution in [2.75, 3.05) is 7.11 Å². The number of benzene rings is 1. The summed E-state index contributed by atoms with van der Waals surface area (Å²) in [7, 11) is 3.38. The molecule has 0 aliphatic heterocycles. The third-order valence-electron chi connectivity index (χ3n) is 2.97. The normalized spacial score (nSPS) is 12.6. The van der Waals surface area contributed by atoms with Crippen LogP contribution >= 0.6 is 0 Å². The van der Waals surface area contributed by atoms with Crippen LogP contribution in [0.4, 0.5) is 0 Å². The molecule has 4 nitrogen and oxygen atoms in total. The van der Waals surface area contributed by atoms with E-state index in [4.69, 9.17) is 4.74 Å². The van der Waals surface area contributed by atoms with Gasteiger partial charge in [-0.05, 0) is 12.1 Å². The third kappa shape index (κ3) is 2.16. The molecule has 0 N–H and O–H groups in total. The van der Waals surface area contributed by atoms with Gasteiger partial charge >= 0.3 is 5.97 Å². The molecule has 1 aromatic heterocycles. The van der Waals surface area contributed by atoms with Crippen molar-refractivity contribution in [3.05, 3.63) is 30.1 Å². The summed E-state index contributed by atoms with van der Waals surface area (Å²) in [6, 6.07) is 7.94. The zero-order valence-corrected chi connectivity index (χ0v) is 10.3. The van der Waals surface area contributed by atoms with Gasteiger partial charge in [0.1, 0.15) is 5.82 Å². The van der Waals surface area contributed by atoms with E-state index in [1.807, 2.05) is 42.8 Å². The Kier molecular flexibility index (Phi) is 3.13. The molecule has 1 atom stereocenters. The summed E-state index contributed by atoms with van der Waals surface area (Å²) in [5.41, 5.74) is 2.04.